The van der Waals surface area contributed by atoms with Crippen molar-refractivity contribution in [3.8, 4) is 17.2 Å². The van der Waals surface area contributed by atoms with Gasteiger partial charge in [0.05, 0.1) is 38.6 Å². The molecule has 1 aromatic heterocycles. The smallest absolute Gasteiger partial charge is 0.147 e. The molecular weight excluding hydrogens is 354 g/mol. The molecular formula is C22H25N3O3. The Morgan fingerprint density at radius 2 is 1.54 bits per heavy atom. The molecule has 1 fully saturated rings. The van der Waals surface area contributed by atoms with Gasteiger partial charge in [-0.15, -0.1) is 0 Å². The molecule has 6 heteroatoms. The molecule has 0 amide bonds. The second-order valence-corrected chi connectivity index (χ2v) is 6.92. The SMILES string of the molecule is COc1cc(OC)c(C2CCN(c3cnc4ccccc4n3)CC2)c(OC)c1. The van der Waals surface area contributed by atoms with Crippen LogP contribution in [0.3, 0.4) is 0 Å². The molecule has 0 unspecified atom stereocenters. The van der Waals surface area contributed by atoms with Gasteiger partial charge < -0.3 is 19.1 Å². The first-order chi connectivity index (χ1) is 13.7. The fraction of sp³-hybridized carbons (Fsp3) is 0.364. The van der Waals surface area contributed by atoms with E-state index in [-0.39, 0.29) is 0 Å². The van der Waals surface area contributed by atoms with Crippen LogP contribution in [0, 0.1) is 0 Å². The van der Waals surface area contributed by atoms with Gasteiger partial charge in [-0.1, -0.05) is 12.1 Å². The number of ether oxygens (including phenoxy) is 3. The summed E-state index contributed by atoms with van der Waals surface area (Å²) < 4.78 is 16.7. The molecule has 28 heavy (non-hydrogen) atoms. The lowest BCUT2D eigenvalue weighted by molar-refractivity contribution is 0.356. The average Bonchev–Trinajstić information content (AvgIpc) is 2.77. The quantitative estimate of drug-likeness (QED) is 0.667. The highest BCUT2D eigenvalue weighted by molar-refractivity contribution is 5.75. The fourth-order valence-electron chi connectivity index (χ4n) is 3.93. The Balaban J connectivity index is 1.55. The highest BCUT2D eigenvalue weighted by atomic mass is 16.5. The van der Waals surface area contributed by atoms with Gasteiger partial charge in [-0.2, -0.15) is 0 Å². The Hall–Kier alpha value is -3.02. The molecule has 0 saturated carbocycles. The van der Waals surface area contributed by atoms with E-state index in [1.54, 1.807) is 21.3 Å². The number of hydrogen-bond acceptors (Lipinski definition) is 6. The van der Waals surface area contributed by atoms with E-state index in [0.717, 1.165) is 65.6 Å². The molecule has 0 bridgehead atoms. The number of hydrogen-bond donors (Lipinski definition) is 0. The first-order valence-electron chi connectivity index (χ1n) is 9.50. The zero-order valence-electron chi connectivity index (χ0n) is 16.5. The van der Waals surface area contributed by atoms with Gasteiger partial charge in [0.15, 0.2) is 0 Å². The fourth-order valence-corrected chi connectivity index (χ4v) is 3.93. The lowest BCUT2D eigenvalue weighted by atomic mass is 9.88. The number of aromatic nitrogens is 2. The largest absolute Gasteiger partial charge is 0.496 e. The molecule has 0 atom stereocenters. The van der Waals surface area contributed by atoms with Gasteiger partial charge in [0, 0.05) is 30.8 Å². The summed E-state index contributed by atoms with van der Waals surface area (Å²) in [5.74, 6) is 3.67. The van der Waals surface area contributed by atoms with E-state index >= 15 is 0 Å². The van der Waals surface area contributed by atoms with Gasteiger partial charge in [0.1, 0.15) is 23.1 Å². The van der Waals surface area contributed by atoms with E-state index in [1.165, 1.54) is 0 Å². The molecule has 1 saturated heterocycles. The molecule has 0 N–H and O–H groups in total. The number of nitrogens with zero attached hydrogens (tertiary/aromatic N) is 3. The highest BCUT2D eigenvalue weighted by Crippen LogP contribution is 2.43. The number of fused-ring (bicyclic) bond motifs is 1. The van der Waals surface area contributed by atoms with Crippen molar-refractivity contribution in [2.75, 3.05) is 39.3 Å². The summed E-state index contributed by atoms with van der Waals surface area (Å²) in [6, 6.07) is 11.8. The van der Waals surface area contributed by atoms with Crippen molar-refractivity contribution >= 4 is 16.9 Å². The summed E-state index contributed by atoms with van der Waals surface area (Å²) in [5.41, 5.74) is 2.98. The predicted molar refractivity (Wildman–Crippen MR) is 110 cm³/mol. The number of rotatable bonds is 5. The zero-order chi connectivity index (χ0) is 19.5. The van der Waals surface area contributed by atoms with Crippen LogP contribution in [0.5, 0.6) is 17.2 Å². The first-order valence-corrected chi connectivity index (χ1v) is 9.50. The van der Waals surface area contributed by atoms with Gasteiger partial charge in [0.2, 0.25) is 0 Å². The van der Waals surface area contributed by atoms with E-state index in [0.29, 0.717) is 5.92 Å². The summed E-state index contributed by atoms with van der Waals surface area (Å²) in [5, 5.41) is 0. The van der Waals surface area contributed by atoms with Crippen LogP contribution in [-0.4, -0.2) is 44.4 Å². The minimum absolute atomic E-state index is 0.362. The Bertz CT molecular complexity index is 943. The Morgan fingerprint density at radius 1 is 0.893 bits per heavy atom. The van der Waals surface area contributed by atoms with Gasteiger partial charge in [-0.25, -0.2) is 4.98 Å². The maximum atomic E-state index is 5.65. The average molecular weight is 379 g/mol. The molecule has 4 rings (SSSR count). The van der Waals surface area contributed by atoms with Crippen LogP contribution in [0.2, 0.25) is 0 Å². The molecule has 0 aliphatic carbocycles. The van der Waals surface area contributed by atoms with Crippen LogP contribution < -0.4 is 19.1 Å². The second-order valence-electron chi connectivity index (χ2n) is 6.92. The van der Waals surface area contributed by atoms with Gasteiger partial charge in [0.25, 0.3) is 0 Å². The third kappa shape index (κ3) is 3.42. The van der Waals surface area contributed by atoms with Crippen LogP contribution in [0.1, 0.15) is 24.3 Å². The van der Waals surface area contributed by atoms with Crippen molar-refractivity contribution in [3.63, 3.8) is 0 Å². The van der Waals surface area contributed by atoms with Crippen molar-refractivity contribution in [1.29, 1.82) is 0 Å². The van der Waals surface area contributed by atoms with Gasteiger partial charge in [-0.05, 0) is 30.9 Å². The summed E-state index contributed by atoms with van der Waals surface area (Å²) in [7, 11) is 5.03. The predicted octanol–water partition coefficient (Wildman–Crippen LogP) is 4.04. The molecule has 3 aromatic rings. The van der Waals surface area contributed by atoms with Crippen molar-refractivity contribution in [2.45, 2.75) is 18.8 Å². The number of benzene rings is 2. The standard InChI is InChI=1S/C22H25N3O3/c1-26-16-12-19(27-2)22(20(13-16)28-3)15-8-10-25(11-9-15)21-14-23-17-6-4-5-7-18(17)24-21/h4-7,12-15H,8-11H2,1-3H3. The Morgan fingerprint density at radius 3 is 2.14 bits per heavy atom. The van der Waals surface area contributed by atoms with Crippen LogP contribution in [-0.2, 0) is 0 Å². The van der Waals surface area contributed by atoms with Crippen molar-refractivity contribution in [3.05, 3.63) is 48.2 Å². The Kier molecular flexibility index (Phi) is 5.19. The van der Waals surface area contributed by atoms with E-state index in [4.69, 9.17) is 19.2 Å². The molecule has 6 nitrogen and oxygen atoms in total. The van der Waals surface area contributed by atoms with Crippen LogP contribution >= 0.6 is 0 Å². The minimum Gasteiger partial charge on any atom is -0.496 e. The highest BCUT2D eigenvalue weighted by Gasteiger charge is 2.27. The maximum absolute atomic E-state index is 5.65. The molecule has 1 aliphatic rings. The third-order valence-corrected chi connectivity index (χ3v) is 5.42. The van der Waals surface area contributed by atoms with Crippen LogP contribution in [0.25, 0.3) is 11.0 Å². The molecule has 1 aliphatic heterocycles. The summed E-state index contributed by atoms with van der Waals surface area (Å²) in [6.45, 7) is 1.83. The van der Waals surface area contributed by atoms with Crippen LogP contribution in [0.4, 0.5) is 5.82 Å². The van der Waals surface area contributed by atoms with Crippen molar-refractivity contribution in [2.24, 2.45) is 0 Å². The minimum atomic E-state index is 0.362. The topological polar surface area (TPSA) is 56.7 Å². The molecule has 2 aromatic carbocycles. The third-order valence-electron chi connectivity index (χ3n) is 5.42. The number of para-hydroxylation sites is 2. The molecule has 0 spiro atoms. The van der Waals surface area contributed by atoms with E-state index < -0.39 is 0 Å². The lowest BCUT2D eigenvalue weighted by Gasteiger charge is -2.34. The first kappa shape index (κ1) is 18.3. The number of anilines is 1. The maximum Gasteiger partial charge on any atom is 0.147 e. The lowest BCUT2D eigenvalue weighted by Crippen LogP contribution is -2.33. The zero-order valence-corrected chi connectivity index (χ0v) is 16.5. The van der Waals surface area contributed by atoms with Crippen LogP contribution in [0.15, 0.2) is 42.6 Å². The Labute approximate surface area is 165 Å². The molecule has 146 valence electrons. The summed E-state index contributed by atoms with van der Waals surface area (Å²) in [6.07, 6.45) is 3.86. The molecule has 2 heterocycles. The van der Waals surface area contributed by atoms with E-state index in [2.05, 4.69) is 9.88 Å². The van der Waals surface area contributed by atoms with Crippen molar-refractivity contribution in [1.82, 2.24) is 9.97 Å². The summed E-state index contributed by atoms with van der Waals surface area (Å²) in [4.78, 5) is 11.6. The van der Waals surface area contributed by atoms with E-state index in [9.17, 15) is 0 Å². The molecule has 0 radical (unpaired) electrons. The van der Waals surface area contributed by atoms with Gasteiger partial charge >= 0.3 is 0 Å². The van der Waals surface area contributed by atoms with Gasteiger partial charge in [-0.3, -0.25) is 4.98 Å². The normalized spacial score (nSPS) is 14.9. The van der Waals surface area contributed by atoms with Crippen molar-refractivity contribution < 1.29 is 14.2 Å². The number of methoxy groups -OCH3 is 3. The monoisotopic (exact) mass is 379 g/mol. The number of piperidine rings is 1. The van der Waals surface area contributed by atoms with E-state index in [1.807, 2.05) is 42.6 Å². The second kappa shape index (κ2) is 7.92. The summed E-state index contributed by atoms with van der Waals surface area (Å²) >= 11 is 0.